The van der Waals surface area contributed by atoms with E-state index in [1.807, 2.05) is 30.4 Å². The van der Waals surface area contributed by atoms with Crippen molar-refractivity contribution in [2.45, 2.75) is 0 Å². The van der Waals surface area contributed by atoms with Crippen LogP contribution in [-0.2, 0) is 0 Å². The second-order valence-electron chi connectivity index (χ2n) is 3.76. The number of ether oxygens (including phenoxy) is 1. The quantitative estimate of drug-likeness (QED) is 0.798. The molecule has 0 aromatic carbocycles. The lowest BCUT2D eigenvalue weighted by molar-refractivity contribution is 0.196. The lowest BCUT2D eigenvalue weighted by atomic mass is 10.3. The molecule has 0 spiro atoms. The van der Waals surface area contributed by atoms with Crippen LogP contribution >= 0.6 is 0 Å². The highest BCUT2D eigenvalue weighted by molar-refractivity contribution is 5.46. The Kier molecular flexibility index (Phi) is 5.01. The first-order chi connectivity index (χ1) is 9.38. The van der Waals surface area contributed by atoms with Crippen LogP contribution in [0.2, 0.25) is 0 Å². The molecule has 0 aliphatic heterocycles. The van der Waals surface area contributed by atoms with Crippen LogP contribution in [0.4, 0.5) is 5.69 Å². The highest BCUT2D eigenvalue weighted by Gasteiger charge is 1.95. The van der Waals surface area contributed by atoms with Crippen LogP contribution in [0.5, 0.6) is 5.88 Å². The van der Waals surface area contributed by atoms with Crippen molar-refractivity contribution in [2.24, 2.45) is 0 Å². The standard InChI is InChI=1S/C14H16N2O3/c17-8-10-19-14-6-5-12(11-16-14)15-7-1-3-13-4-2-9-18-13/h1-6,9,11,15,17H,7-8,10H2/b3-1+. The molecular formula is C14H16N2O3. The van der Waals surface area contributed by atoms with Crippen molar-refractivity contribution < 1.29 is 14.3 Å². The second-order valence-corrected chi connectivity index (χ2v) is 3.76. The van der Waals surface area contributed by atoms with Gasteiger partial charge in [-0.2, -0.15) is 0 Å². The van der Waals surface area contributed by atoms with Gasteiger partial charge in [0.05, 0.1) is 24.8 Å². The Bertz CT molecular complexity index is 492. The van der Waals surface area contributed by atoms with Gasteiger partial charge in [-0.15, -0.1) is 0 Å². The van der Waals surface area contributed by atoms with E-state index in [2.05, 4.69) is 10.3 Å². The number of hydrogen-bond donors (Lipinski definition) is 2. The Morgan fingerprint density at radius 1 is 1.37 bits per heavy atom. The molecule has 0 amide bonds. The normalized spacial score (nSPS) is 10.8. The molecule has 0 aliphatic rings. The highest BCUT2D eigenvalue weighted by atomic mass is 16.5. The summed E-state index contributed by atoms with van der Waals surface area (Å²) in [5, 5.41) is 11.8. The van der Waals surface area contributed by atoms with Crippen LogP contribution in [0.3, 0.4) is 0 Å². The molecule has 2 aromatic rings. The molecule has 5 nitrogen and oxygen atoms in total. The molecule has 100 valence electrons. The third-order valence-corrected chi connectivity index (χ3v) is 2.33. The minimum absolute atomic E-state index is 0.0146. The van der Waals surface area contributed by atoms with E-state index in [0.29, 0.717) is 12.4 Å². The predicted molar refractivity (Wildman–Crippen MR) is 73.0 cm³/mol. The molecule has 2 N–H and O–H groups in total. The van der Waals surface area contributed by atoms with Gasteiger partial charge in [0.2, 0.25) is 5.88 Å². The molecule has 2 aromatic heterocycles. The zero-order chi connectivity index (χ0) is 13.3. The summed E-state index contributed by atoms with van der Waals surface area (Å²) in [6, 6.07) is 7.38. The van der Waals surface area contributed by atoms with E-state index in [1.54, 1.807) is 18.5 Å². The number of aliphatic hydroxyl groups excluding tert-OH is 1. The molecule has 0 atom stereocenters. The molecule has 0 fully saturated rings. The van der Waals surface area contributed by atoms with Crippen molar-refractivity contribution in [1.29, 1.82) is 0 Å². The number of anilines is 1. The number of hydrogen-bond acceptors (Lipinski definition) is 5. The first-order valence-corrected chi connectivity index (χ1v) is 6.02. The maximum absolute atomic E-state index is 8.62. The van der Waals surface area contributed by atoms with E-state index >= 15 is 0 Å². The van der Waals surface area contributed by atoms with E-state index < -0.39 is 0 Å². The molecule has 0 saturated heterocycles. The number of aliphatic hydroxyl groups is 1. The van der Waals surface area contributed by atoms with E-state index in [0.717, 1.165) is 11.4 Å². The van der Waals surface area contributed by atoms with Gasteiger partial charge in [-0.25, -0.2) is 4.98 Å². The summed E-state index contributed by atoms with van der Waals surface area (Å²) in [6.07, 6.45) is 7.20. The zero-order valence-electron chi connectivity index (χ0n) is 10.5. The van der Waals surface area contributed by atoms with Crippen LogP contribution in [0, 0.1) is 0 Å². The maximum Gasteiger partial charge on any atom is 0.213 e. The molecule has 5 heteroatoms. The predicted octanol–water partition coefficient (Wildman–Crippen LogP) is 2.17. The van der Waals surface area contributed by atoms with Crippen LogP contribution < -0.4 is 10.1 Å². The minimum atomic E-state index is -0.0146. The van der Waals surface area contributed by atoms with Crippen LogP contribution in [0.15, 0.2) is 47.2 Å². The topological polar surface area (TPSA) is 67.5 Å². The summed E-state index contributed by atoms with van der Waals surface area (Å²) >= 11 is 0. The lowest BCUT2D eigenvalue weighted by Crippen LogP contribution is -2.03. The maximum atomic E-state index is 8.62. The Labute approximate surface area is 111 Å². The molecule has 0 aliphatic carbocycles. The number of nitrogens with one attached hydrogen (secondary N) is 1. The average Bonchev–Trinajstić information content (AvgIpc) is 2.96. The van der Waals surface area contributed by atoms with Crippen LogP contribution in [0.1, 0.15) is 5.76 Å². The Balaban J connectivity index is 1.76. The third-order valence-electron chi connectivity index (χ3n) is 2.33. The minimum Gasteiger partial charge on any atom is -0.475 e. The molecule has 0 unspecified atom stereocenters. The summed E-state index contributed by atoms with van der Waals surface area (Å²) in [5.74, 6) is 1.33. The van der Waals surface area contributed by atoms with Gasteiger partial charge in [-0.1, -0.05) is 6.08 Å². The molecule has 0 bridgehead atoms. The van der Waals surface area contributed by atoms with Gasteiger partial charge in [0, 0.05) is 12.6 Å². The van der Waals surface area contributed by atoms with Crippen molar-refractivity contribution in [3.8, 4) is 5.88 Å². The van der Waals surface area contributed by atoms with Gasteiger partial charge < -0.3 is 19.6 Å². The largest absolute Gasteiger partial charge is 0.475 e. The van der Waals surface area contributed by atoms with E-state index in [-0.39, 0.29) is 13.2 Å². The Morgan fingerprint density at radius 2 is 2.32 bits per heavy atom. The van der Waals surface area contributed by atoms with Gasteiger partial charge in [-0.05, 0) is 24.3 Å². The fraction of sp³-hybridized carbons (Fsp3) is 0.214. The molecule has 2 heterocycles. The van der Waals surface area contributed by atoms with Crippen LogP contribution in [0.25, 0.3) is 6.08 Å². The molecule has 2 rings (SSSR count). The molecule has 19 heavy (non-hydrogen) atoms. The van der Waals surface area contributed by atoms with Crippen molar-refractivity contribution in [1.82, 2.24) is 4.98 Å². The van der Waals surface area contributed by atoms with Gasteiger partial charge in [0.15, 0.2) is 0 Å². The zero-order valence-corrected chi connectivity index (χ0v) is 10.5. The SMILES string of the molecule is OCCOc1ccc(NC/C=C/c2ccco2)cn1. The highest BCUT2D eigenvalue weighted by Crippen LogP contribution is 2.11. The lowest BCUT2D eigenvalue weighted by Gasteiger charge is -2.05. The third kappa shape index (κ3) is 4.48. The summed E-state index contributed by atoms with van der Waals surface area (Å²) in [7, 11) is 0. The summed E-state index contributed by atoms with van der Waals surface area (Å²) in [4.78, 5) is 4.11. The second kappa shape index (κ2) is 7.23. The Hall–Kier alpha value is -2.27. The van der Waals surface area contributed by atoms with Crippen molar-refractivity contribution in [2.75, 3.05) is 25.1 Å². The number of furan rings is 1. The fourth-order valence-corrected chi connectivity index (χ4v) is 1.46. The first kappa shape index (κ1) is 13.2. The Morgan fingerprint density at radius 3 is 3.00 bits per heavy atom. The van der Waals surface area contributed by atoms with Crippen LogP contribution in [-0.4, -0.2) is 29.8 Å². The summed E-state index contributed by atoms with van der Waals surface area (Å²) in [5.41, 5.74) is 0.903. The number of nitrogens with zero attached hydrogens (tertiary/aromatic N) is 1. The summed E-state index contributed by atoms with van der Waals surface area (Å²) in [6.45, 7) is 0.921. The number of pyridine rings is 1. The van der Waals surface area contributed by atoms with Gasteiger partial charge in [0.25, 0.3) is 0 Å². The monoisotopic (exact) mass is 260 g/mol. The molecular weight excluding hydrogens is 244 g/mol. The first-order valence-electron chi connectivity index (χ1n) is 6.02. The van der Waals surface area contributed by atoms with Gasteiger partial charge in [-0.3, -0.25) is 0 Å². The van der Waals surface area contributed by atoms with Gasteiger partial charge in [0.1, 0.15) is 12.4 Å². The summed E-state index contributed by atoms with van der Waals surface area (Å²) < 4.78 is 10.3. The average molecular weight is 260 g/mol. The fourth-order valence-electron chi connectivity index (χ4n) is 1.46. The van der Waals surface area contributed by atoms with E-state index in [9.17, 15) is 0 Å². The van der Waals surface area contributed by atoms with Crippen molar-refractivity contribution in [3.63, 3.8) is 0 Å². The van der Waals surface area contributed by atoms with E-state index in [4.69, 9.17) is 14.3 Å². The number of aromatic nitrogens is 1. The van der Waals surface area contributed by atoms with Crippen molar-refractivity contribution in [3.05, 3.63) is 48.6 Å². The van der Waals surface area contributed by atoms with Gasteiger partial charge >= 0.3 is 0 Å². The number of rotatable bonds is 7. The van der Waals surface area contributed by atoms with E-state index in [1.165, 1.54) is 0 Å². The smallest absolute Gasteiger partial charge is 0.213 e. The van der Waals surface area contributed by atoms with Crippen molar-refractivity contribution >= 4 is 11.8 Å². The molecule has 0 saturated carbocycles. The molecule has 0 radical (unpaired) electrons.